The summed E-state index contributed by atoms with van der Waals surface area (Å²) in [4.78, 5) is 11.4. The van der Waals surface area contributed by atoms with Crippen molar-refractivity contribution in [2.45, 2.75) is 45.4 Å². The largest absolute Gasteiger partial charge is 0.293 e. The van der Waals surface area contributed by atoms with Crippen LogP contribution in [0.3, 0.4) is 0 Å². The normalized spacial score (nSPS) is 10.5. The van der Waals surface area contributed by atoms with Gasteiger partial charge in [0.05, 0.1) is 4.43 Å². The number of ketones is 1. The lowest BCUT2D eigenvalue weighted by Crippen LogP contribution is -1.99. The zero-order valence-electron chi connectivity index (χ0n) is 10.5. The zero-order valence-corrected chi connectivity index (χ0v) is 12.7. The fraction of sp³-hybridized carbons (Fsp3) is 0.533. The summed E-state index contributed by atoms with van der Waals surface area (Å²) in [5.41, 5.74) is 2.20. The van der Waals surface area contributed by atoms with Crippen LogP contribution in [0.1, 0.15) is 54.9 Å². The summed E-state index contributed by atoms with van der Waals surface area (Å²) in [5.74, 6) is 0.222. The molecule has 0 bridgehead atoms. The van der Waals surface area contributed by atoms with E-state index in [1.54, 1.807) is 0 Å². The van der Waals surface area contributed by atoms with Crippen molar-refractivity contribution in [3.63, 3.8) is 0 Å². The third-order valence-corrected chi connectivity index (χ3v) is 3.66. The van der Waals surface area contributed by atoms with Gasteiger partial charge in [-0.1, -0.05) is 79.5 Å². The van der Waals surface area contributed by atoms with Gasteiger partial charge in [0.15, 0.2) is 5.78 Å². The SMILES string of the molecule is CCCCCCCc1ccc(C(=O)CI)cc1. The van der Waals surface area contributed by atoms with Crippen molar-refractivity contribution in [3.8, 4) is 0 Å². The molecule has 1 aromatic rings. The summed E-state index contributed by atoms with van der Waals surface area (Å²) in [7, 11) is 0. The summed E-state index contributed by atoms with van der Waals surface area (Å²) >= 11 is 2.11. The molecule has 0 aliphatic carbocycles. The number of halogens is 1. The van der Waals surface area contributed by atoms with Crippen LogP contribution in [0.15, 0.2) is 24.3 Å². The molecular formula is C15H21IO. The van der Waals surface area contributed by atoms with Gasteiger partial charge in [0.1, 0.15) is 0 Å². The molecule has 0 saturated heterocycles. The Balaban J connectivity index is 2.33. The van der Waals surface area contributed by atoms with Gasteiger partial charge in [-0.2, -0.15) is 0 Å². The second-order valence-corrected chi connectivity index (χ2v) is 5.18. The molecule has 0 atom stereocenters. The lowest BCUT2D eigenvalue weighted by molar-refractivity contribution is 0.102. The summed E-state index contributed by atoms with van der Waals surface area (Å²) in [6, 6.07) is 8.11. The van der Waals surface area contributed by atoms with E-state index in [9.17, 15) is 4.79 Å². The molecular weight excluding hydrogens is 323 g/mol. The second-order valence-electron chi connectivity index (χ2n) is 4.42. The third-order valence-electron chi connectivity index (χ3n) is 2.97. The minimum Gasteiger partial charge on any atom is -0.293 e. The Hall–Kier alpha value is -0.380. The maximum atomic E-state index is 11.4. The van der Waals surface area contributed by atoms with Gasteiger partial charge in [0.25, 0.3) is 0 Å². The van der Waals surface area contributed by atoms with Crippen molar-refractivity contribution in [1.82, 2.24) is 0 Å². The van der Waals surface area contributed by atoms with Gasteiger partial charge in [0.2, 0.25) is 0 Å². The Kier molecular flexibility index (Phi) is 7.49. The molecule has 94 valence electrons. The molecule has 0 saturated carbocycles. The molecule has 0 heterocycles. The van der Waals surface area contributed by atoms with Crippen LogP contribution < -0.4 is 0 Å². The van der Waals surface area contributed by atoms with E-state index >= 15 is 0 Å². The fourth-order valence-electron chi connectivity index (χ4n) is 1.87. The first-order valence-corrected chi connectivity index (χ1v) is 7.98. The van der Waals surface area contributed by atoms with Crippen LogP contribution in [0.2, 0.25) is 0 Å². The van der Waals surface area contributed by atoms with Gasteiger partial charge in [-0.25, -0.2) is 0 Å². The Bertz CT molecular complexity index is 329. The zero-order chi connectivity index (χ0) is 12.5. The van der Waals surface area contributed by atoms with Crippen LogP contribution in [0.4, 0.5) is 0 Å². The van der Waals surface area contributed by atoms with E-state index in [-0.39, 0.29) is 5.78 Å². The molecule has 0 fully saturated rings. The molecule has 0 aromatic heterocycles. The topological polar surface area (TPSA) is 17.1 Å². The van der Waals surface area contributed by atoms with Gasteiger partial charge in [-0.05, 0) is 18.4 Å². The number of unbranched alkanes of at least 4 members (excludes halogenated alkanes) is 4. The highest BCUT2D eigenvalue weighted by molar-refractivity contribution is 14.1. The van der Waals surface area contributed by atoms with Crippen LogP contribution in [-0.4, -0.2) is 10.2 Å². The first-order valence-electron chi connectivity index (χ1n) is 6.46. The second kappa shape index (κ2) is 8.67. The standard InChI is InChI=1S/C15H21IO/c1-2-3-4-5-6-7-13-8-10-14(11-9-13)15(17)12-16/h8-11H,2-7,12H2,1H3. The lowest BCUT2D eigenvalue weighted by atomic mass is 10.0. The van der Waals surface area contributed by atoms with Gasteiger partial charge >= 0.3 is 0 Å². The minimum absolute atomic E-state index is 0.222. The minimum atomic E-state index is 0.222. The molecule has 2 heteroatoms. The van der Waals surface area contributed by atoms with Crippen LogP contribution in [0.25, 0.3) is 0 Å². The number of hydrogen-bond acceptors (Lipinski definition) is 1. The highest BCUT2D eigenvalue weighted by Gasteiger charge is 2.02. The van der Waals surface area contributed by atoms with E-state index in [0.717, 1.165) is 12.0 Å². The molecule has 0 N–H and O–H groups in total. The van der Waals surface area contributed by atoms with E-state index in [4.69, 9.17) is 0 Å². The van der Waals surface area contributed by atoms with Crippen molar-refractivity contribution in [3.05, 3.63) is 35.4 Å². The smallest absolute Gasteiger partial charge is 0.172 e. The third kappa shape index (κ3) is 5.66. The average molecular weight is 344 g/mol. The Labute approximate surface area is 118 Å². The Morgan fingerprint density at radius 1 is 1.06 bits per heavy atom. The molecule has 0 unspecified atom stereocenters. The number of benzene rings is 1. The number of alkyl halides is 1. The monoisotopic (exact) mass is 344 g/mol. The summed E-state index contributed by atoms with van der Waals surface area (Å²) in [6.45, 7) is 2.24. The van der Waals surface area contributed by atoms with E-state index in [0.29, 0.717) is 4.43 Å². The summed E-state index contributed by atoms with van der Waals surface area (Å²) < 4.78 is 0.564. The molecule has 0 aliphatic rings. The fourth-order valence-corrected chi connectivity index (χ4v) is 2.31. The molecule has 1 aromatic carbocycles. The van der Waals surface area contributed by atoms with E-state index in [2.05, 4.69) is 41.6 Å². The van der Waals surface area contributed by atoms with Gasteiger partial charge in [0, 0.05) is 5.56 Å². The van der Waals surface area contributed by atoms with Crippen molar-refractivity contribution < 1.29 is 4.79 Å². The van der Waals surface area contributed by atoms with Crippen LogP contribution >= 0.6 is 22.6 Å². The number of carbonyl (C=O) groups is 1. The Morgan fingerprint density at radius 3 is 2.29 bits per heavy atom. The van der Waals surface area contributed by atoms with Crippen LogP contribution in [0.5, 0.6) is 0 Å². The maximum absolute atomic E-state index is 11.4. The average Bonchev–Trinajstić information content (AvgIpc) is 2.38. The van der Waals surface area contributed by atoms with E-state index in [1.165, 1.54) is 37.7 Å². The molecule has 0 spiro atoms. The van der Waals surface area contributed by atoms with Crippen molar-refractivity contribution in [2.24, 2.45) is 0 Å². The number of carbonyl (C=O) groups excluding carboxylic acids is 1. The molecule has 17 heavy (non-hydrogen) atoms. The molecule has 1 rings (SSSR count). The maximum Gasteiger partial charge on any atom is 0.172 e. The van der Waals surface area contributed by atoms with Crippen LogP contribution in [-0.2, 0) is 6.42 Å². The first kappa shape index (κ1) is 14.7. The van der Waals surface area contributed by atoms with Crippen molar-refractivity contribution in [2.75, 3.05) is 4.43 Å². The first-order chi connectivity index (χ1) is 8.27. The quantitative estimate of drug-likeness (QED) is 0.286. The number of Topliss-reactive ketones (excluding diaryl/α,β-unsaturated/α-hetero) is 1. The molecule has 0 radical (unpaired) electrons. The predicted molar refractivity (Wildman–Crippen MR) is 82.1 cm³/mol. The van der Waals surface area contributed by atoms with Crippen molar-refractivity contribution in [1.29, 1.82) is 0 Å². The molecule has 0 amide bonds. The summed E-state index contributed by atoms with van der Waals surface area (Å²) in [6.07, 6.45) is 7.72. The van der Waals surface area contributed by atoms with Gasteiger partial charge < -0.3 is 0 Å². The lowest BCUT2D eigenvalue weighted by Gasteiger charge is -2.03. The van der Waals surface area contributed by atoms with E-state index in [1.807, 2.05) is 12.1 Å². The van der Waals surface area contributed by atoms with Gasteiger partial charge in [-0.3, -0.25) is 4.79 Å². The summed E-state index contributed by atoms with van der Waals surface area (Å²) in [5, 5.41) is 0. The number of hydrogen-bond donors (Lipinski definition) is 0. The molecule has 0 aliphatic heterocycles. The van der Waals surface area contributed by atoms with Crippen molar-refractivity contribution >= 4 is 28.4 Å². The van der Waals surface area contributed by atoms with E-state index < -0.39 is 0 Å². The highest BCUT2D eigenvalue weighted by atomic mass is 127. The molecule has 1 nitrogen and oxygen atoms in total. The predicted octanol–water partition coefficient (Wildman–Crippen LogP) is 4.82. The highest BCUT2D eigenvalue weighted by Crippen LogP contribution is 2.11. The number of rotatable bonds is 8. The van der Waals surface area contributed by atoms with Crippen LogP contribution in [0, 0.1) is 0 Å². The van der Waals surface area contributed by atoms with Gasteiger partial charge in [-0.15, -0.1) is 0 Å². The number of aryl methyl sites for hydroxylation is 1. The Morgan fingerprint density at radius 2 is 1.71 bits per heavy atom.